The molecule has 0 radical (unpaired) electrons. The van der Waals surface area contributed by atoms with Crippen LogP contribution in [0.2, 0.25) is 0 Å². The van der Waals surface area contributed by atoms with Crippen LogP contribution in [0.25, 0.3) is 0 Å². The summed E-state index contributed by atoms with van der Waals surface area (Å²) in [5.74, 6) is -0.939. The molecule has 1 aliphatic carbocycles. The van der Waals surface area contributed by atoms with Crippen LogP contribution >= 0.6 is 11.3 Å². The third-order valence-electron chi connectivity index (χ3n) is 3.57. The molecule has 0 amide bonds. The molecule has 3 rings (SSSR count). The summed E-state index contributed by atoms with van der Waals surface area (Å²) in [6.45, 7) is 0. The number of rotatable bonds is 2. The Morgan fingerprint density at radius 2 is 2.26 bits per heavy atom. The van der Waals surface area contributed by atoms with Crippen molar-refractivity contribution in [2.75, 3.05) is 0 Å². The molecular formula is C14H13NO3S. The number of aromatic nitrogens is 1. The first-order valence-electron chi connectivity index (χ1n) is 6.10. The maximum Gasteiger partial charge on any atom is 0.335 e. The molecule has 2 aromatic rings. The number of carboxylic acids is 1. The second kappa shape index (κ2) is 4.43. The van der Waals surface area contributed by atoms with E-state index < -0.39 is 11.6 Å². The van der Waals surface area contributed by atoms with Crippen LogP contribution in [0.3, 0.4) is 0 Å². The van der Waals surface area contributed by atoms with E-state index in [9.17, 15) is 9.90 Å². The summed E-state index contributed by atoms with van der Waals surface area (Å²) >= 11 is 1.42. The second-order valence-corrected chi connectivity index (χ2v) is 5.62. The van der Waals surface area contributed by atoms with Gasteiger partial charge in [-0.25, -0.2) is 9.78 Å². The van der Waals surface area contributed by atoms with Crippen molar-refractivity contribution in [3.05, 3.63) is 51.5 Å². The van der Waals surface area contributed by atoms with Crippen molar-refractivity contribution >= 4 is 17.3 Å². The number of carboxylic acid groups (broad SMARTS) is 1. The highest BCUT2D eigenvalue weighted by Crippen LogP contribution is 2.41. The lowest BCUT2D eigenvalue weighted by atomic mass is 9.79. The van der Waals surface area contributed by atoms with Crippen molar-refractivity contribution in [1.29, 1.82) is 0 Å². The summed E-state index contributed by atoms with van der Waals surface area (Å²) in [4.78, 5) is 15.2. The lowest BCUT2D eigenvalue weighted by Crippen LogP contribution is -2.32. The van der Waals surface area contributed by atoms with Gasteiger partial charge in [0.25, 0.3) is 0 Å². The molecule has 1 aromatic heterocycles. The van der Waals surface area contributed by atoms with Crippen molar-refractivity contribution in [2.24, 2.45) is 0 Å². The lowest BCUT2D eigenvalue weighted by Gasteiger charge is -2.33. The van der Waals surface area contributed by atoms with Crippen LogP contribution in [0.5, 0.6) is 0 Å². The van der Waals surface area contributed by atoms with E-state index in [1.165, 1.54) is 11.3 Å². The van der Waals surface area contributed by atoms with E-state index in [0.29, 0.717) is 11.4 Å². The van der Waals surface area contributed by atoms with E-state index in [2.05, 4.69) is 4.98 Å². The van der Waals surface area contributed by atoms with Gasteiger partial charge < -0.3 is 10.2 Å². The van der Waals surface area contributed by atoms with E-state index >= 15 is 0 Å². The molecule has 0 unspecified atom stereocenters. The number of carbonyl (C=O) groups is 1. The molecule has 5 heteroatoms. The Morgan fingerprint density at radius 1 is 1.42 bits per heavy atom. The molecule has 1 heterocycles. The minimum atomic E-state index is -1.07. The van der Waals surface area contributed by atoms with Gasteiger partial charge in [0, 0.05) is 11.6 Å². The summed E-state index contributed by atoms with van der Waals surface area (Å²) in [5, 5.41) is 22.5. The third kappa shape index (κ3) is 1.95. The van der Waals surface area contributed by atoms with Crippen LogP contribution in [-0.4, -0.2) is 21.2 Å². The standard InChI is InChI=1S/C14H13NO3S/c16-12(17)10-3-4-11-9(8-10)2-1-5-14(11,18)13-15-6-7-19-13/h3-4,6-8,18H,1-2,5H2,(H,16,17)/t14-/m1/s1. The number of hydrogen-bond donors (Lipinski definition) is 2. The van der Waals surface area contributed by atoms with Crippen LogP contribution < -0.4 is 0 Å². The van der Waals surface area contributed by atoms with Gasteiger partial charge in [0.15, 0.2) is 0 Å². The third-order valence-corrected chi connectivity index (χ3v) is 4.49. The lowest BCUT2D eigenvalue weighted by molar-refractivity contribution is 0.0607. The van der Waals surface area contributed by atoms with Gasteiger partial charge in [-0.2, -0.15) is 0 Å². The number of hydrogen-bond acceptors (Lipinski definition) is 4. The zero-order valence-electron chi connectivity index (χ0n) is 10.2. The molecular weight excluding hydrogens is 262 g/mol. The van der Waals surface area contributed by atoms with Gasteiger partial charge >= 0.3 is 5.97 Å². The Balaban J connectivity index is 2.13. The zero-order chi connectivity index (χ0) is 13.5. The van der Waals surface area contributed by atoms with Crippen LogP contribution in [-0.2, 0) is 12.0 Å². The Hall–Kier alpha value is -1.72. The highest BCUT2D eigenvalue weighted by atomic mass is 32.1. The van der Waals surface area contributed by atoms with Crippen LogP contribution in [0.15, 0.2) is 29.8 Å². The Bertz CT molecular complexity index is 624. The monoisotopic (exact) mass is 275 g/mol. The van der Waals surface area contributed by atoms with Crippen LogP contribution in [0.1, 0.15) is 39.3 Å². The fourth-order valence-corrected chi connectivity index (χ4v) is 3.44. The van der Waals surface area contributed by atoms with Gasteiger partial charge in [0.05, 0.1) is 5.56 Å². The maximum atomic E-state index is 11.0. The molecule has 19 heavy (non-hydrogen) atoms. The average molecular weight is 275 g/mol. The molecule has 0 aliphatic heterocycles. The van der Waals surface area contributed by atoms with Crippen LogP contribution in [0, 0.1) is 0 Å². The SMILES string of the molecule is O=C(O)c1ccc2c(c1)CCC[C@]2(O)c1nccs1. The largest absolute Gasteiger partial charge is 0.478 e. The van der Waals surface area contributed by atoms with E-state index in [4.69, 9.17) is 5.11 Å². The number of aromatic carboxylic acids is 1. The molecule has 4 nitrogen and oxygen atoms in total. The topological polar surface area (TPSA) is 70.4 Å². The minimum Gasteiger partial charge on any atom is -0.478 e. The number of aliphatic hydroxyl groups is 1. The first-order valence-corrected chi connectivity index (χ1v) is 6.98. The van der Waals surface area contributed by atoms with Crippen molar-refractivity contribution in [3.8, 4) is 0 Å². The molecule has 0 saturated carbocycles. The molecule has 0 fully saturated rings. The number of thiazole rings is 1. The van der Waals surface area contributed by atoms with Crippen molar-refractivity contribution < 1.29 is 15.0 Å². The van der Waals surface area contributed by atoms with Gasteiger partial charge in [-0.3, -0.25) is 0 Å². The molecule has 0 spiro atoms. The first kappa shape index (κ1) is 12.3. The number of aryl methyl sites for hydroxylation is 1. The molecule has 2 N–H and O–H groups in total. The molecule has 0 saturated heterocycles. The number of fused-ring (bicyclic) bond motifs is 1. The molecule has 0 bridgehead atoms. The van der Waals surface area contributed by atoms with Crippen molar-refractivity contribution in [2.45, 2.75) is 24.9 Å². The quantitative estimate of drug-likeness (QED) is 0.883. The van der Waals surface area contributed by atoms with Crippen molar-refractivity contribution in [1.82, 2.24) is 4.98 Å². The molecule has 1 aliphatic rings. The Kier molecular flexibility index (Phi) is 2.88. The summed E-state index contributed by atoms with van der Waals surface area (Å²) < 4.78 is 0. The van der Waals surface area contributed by atoms with E-state index in [1.807, 2.05) is 5.38 Å². The smallest absolute Gasteiger partial charge is 0.335 e. The fourth-order valence-electron chi connectivity index (χ4n) is 2.66. The van der Waals surface area contributed by atoms with E-state index in [0.717, 1.165) is 24.0 Å². The van der Waals surface area contributed by atoms with E-state index in [-0.39, 0.29) is 5.56 Å². The first-order chi connectivity index (χ1) is 9.11. The second-order valence-electron chi connectivity index (χ2n) is 4.73. The number of nitrogens with zero attached hydrogens (tertiary/aromatic N) is 1. The normalized spacial score (nSPS) is 21.9. The van der Waals surface area contributed by atoms with Gasteiger partial charge in [0.2, 0.25) is 0 Å². The maximum absolute atomic E-state index is 11.0. The van der Waals surface area contributed by atoms with Gasteiger partial charge in [-0.05, 0) is 42.5 Å². The van der Waals surface area contributed by atoms with Gasteiger partial charge in [-0.1, -0.05) is 6.07 Å². The predicted molar refractivity (Wildman–Crippen MR) is 71.5 cm³/mol. The Morgan fingerprint density at radius 3 is 2.95 bits per heavy atom. The zero-order valence-corrected chi connectivity index (χ0v) is 11.0. The fraction of sp³-hybridized carbons (Fsp3) is 0.286. The Labute approximate surface area is 114 Å². The summed E-state index contributed by atoms with van der Waals surface area (Å²) in [6.07, 6.45) is 3.92. The minimum absolute atomic E-state index is 0.266. The van der Waals surface area contributed by atoms with Gasteiger partial charge in [-0.15, -0.1) is 11.3 Å². The highest BCUT2D eigenvalue weighted by molar-refractivity contribution is 7.09. The van der Waals surface area contributed by atoms with Gasteiger partial charge in [0.1, 0.15) is 10.6 Å². The average Bonchev–Trinajstić information content (AvgIpc) is 2.93. The van der Waals surface area contributed by atoms with Crippen LogP contribution in [0.4, 0.5) is 0 Å². The van der Waals surface area contributed by atoms with E-state index in [1.54, 1.807) is 24.4 Å². The molecule has 98 valence electrons. The molecule has 1 aromatic carbocycles. The molecule has 1 atom stereocenters. The summed E-state index contributed by atoms with van der Waals surface area (Å²) in [5.41, 5.74) is 0.892. The summed E-state index contributed by atoms with van der Waals surface area (Å²) in [7, 11) is 0. The number of benzene rings is 1. The predicted octanol–water partition coefficient (Wildman–Crippen LogP) is 2.41. The summed E-state index contributed by atoms with van der Waals surface area (Å²) in [6, 6.07) is 4.93. The highest BCUT2D eigenvalue weighted by Gasteiger charge is 2.38. The van der Waals surface area contributed by atoms with Crippen molar-refractivity contribution in [3.63, 3.8) is 0 Å².